The van der Waals surface area contributed by atoms with Crippen LogP contribution in [-0.2, 0) is 17.3 Å². The van der Waals surface area contributed by atoms with Crippen LogP contribution in [0, 0.1) is 5.92 Å². The highest BCUT2D eigenvalue weighted by atomic mass is 32.2. The molecule has 0 spiro atoms. The van der Waals surface area contributed by atoms with Gasteiger partial charge in [-0.15, -0.1) is 0 Å². The summed E-state index contributed by atoms with van der Waals surface area (Å²) in [4.78, 5) is 12.5. The number of carbonyl (C=O) groups is 1. The Hall–Kier alpha value is -0.870. The molecule has 0 radical (unpaired) electrons. The first-order valence-corrected chi connectivity index (χ1v) is 11.9. The summed E-state index contributed by atoms with van der Waals surface area (Å²) in [6.07, 6.45) is 4.32. The molecule has 0 aromatic heterocycles. The fourth-order valence-electron chi connectivity index (χ4n) is 2.63. The van der Waals surface area contributed by atoms with Crippen LogP contribution < -0.4 is 11.5 Å². The van der Waals surface area contributed by atoms with Gasteiger partial charge >= 0.3 is 0 Å². The zero-order valence-electron chi connectivity index (χ0n) is 20.1. The number of hydrogen-bond acceptors (Lipinski definition) is 11. The predicted molar refractivity (Wildman–Crippen MR) is 151 cm³/mol. The molecule has 1 aromatic carbocycles. The number of Topliss-reactive ketones (excluding diaryl/α,β-unsaturated/α-hetero) is 1. The minimum absolute atomic E-state index is 0. The molecular weight excluding hydrogens is 516 g/mol. The molecule has 35 heavy (non-hydrogen) atoms. The second kappa shape index (κ2) is 31.2. The van der Waals surface area contributed by atoms with Gasteiger partial charge in [0.1, 0.15) is 12.0 Å². The quantitative estimate of drug-likeness (QED) is 0.136. The molecule has 1 rings (SSSR count). The third-order valence-electron chi connectivity index (χ3n) is 4.30. The van der Waals surface area contributed by atoms with Crippen LogP contribution in [0.25, 0.3) is 0 Å². The fraction of sp³-hybridized carbons (Fsp3) is 0.682. The standard InChI is InChI=1S/C15H23NO6S.C6H14.CH4.H3N.OS.H2O.H2S/c1-23-8-10(15(21)22)6-12(19)14(16-13(20)7-17)9-2-4-11(18)5-3-9;1-3-5-6-4-2;;;1-2;;/h2-5,10,13-18,20-22H,6-8H2,1H3;3-6H2,1-2H3;1H4;1H3;;2*1H2/t10-,13?,14+;;;;;;/m0....../s1. The zero-order chi connectivity index (χ0) is 24.2. The summed E-state index contributed by atoms with van der Waals surface area (Å²) in [5.74, 6) is -0.553. The van der Waals surface area contributed by atoms with Gasteiger partial charge < -0.3 is 37.2 Å². The molecule has 1 unspecified atom stereocenters. The van der Waals surface area contributed by atoms with Gasteiger partial charge in [-0.3, -0.25) is 10.1 Å². The third-order valence-corrected chi connectivity index (χ3v) is 5.06. The Kier molecular flexibility index (Phi) is 42.1. The Morgan fingerprint density at radius 3 is 1.86 bits per heavy atom. The van der Waals surface area contributed by atoms with Crippen LogP contribution in [0.1, 0.15) is 65.0 Å². The van der Waals surface area contributed by atoms with Crippen molar-refractivity contribution in [3.8, 4) is 5.75 Å². The van der Waals surface area contributed by atoms with Gasteiger partial charge in [0.25, 0.3) is 0 Å². The second-order valence-electron chi connectivity index (χ2n) is 6.90. The highest BCUT2D eigenvalue weighted by Gasteiger charge is 2.27. The number of carbonyl (C=O) groups excluding carboxylic acids is 1. The number of phenols is 1. The van der Waals surface area contributed by atoms with E-state index in [1.165, 1.54) is 61.7 Å². The number of unbranched alkanes of at least 4 members (excludes halogenated alkanes) is 3. The molecule has 0 amide bonds. The molecule has 212 valence electrons. The van der Waals surface area contributed by atoms with Crippen LogP contribution in [-0.4, -0.2) is 72.1 Å². The summed E-state index contributed by atoms with van der Waals surface area (Å²) >= 11 is 4.23. The Labute approximate surface area is 226 Å². The van der Waals surface area contributed by atoms with Crippen molar-refractivity contribution in [3.05, 3.63) is 29.8 Å². The number of aliphatic hydroxyl groups is 4. The summed E-state index contributed by atoms with van der Waals surface area (Å²) < 4.78 is 7.83. The Balaban J connectivity index is -0.000000154. The highest BCUT2D eigenvalue weighted by molar-refractivity contribution is 7.98. The number of hydrogen-bond donors (Lipinski definition) is 7. The number of nitrogens with one attached hydrogen (secondary N) is 1. The Morgan fingerprint density at radius 1 is 1.06 bits per heavy atom. The lowest BCUT2D eigenvalue weighted by molar-refractivity contribution is -0.129. The summed E-state index contributed by atoms with van der Waals surface area (Å²) in [7, 11) is 0. The minimum Gasteiger partial charge on any atom is -0.508 e. The van der Waals surface area contributed by atoms with Gasteiger partial charge in [0, 0.05) is 18.1 Å². The first kappa shape index (κ1) is 47.3. The van der Waals surface area contributed by atoms with Crippen LogP contribution in [0.4, 0.5) is 0 Å². The number of rotatable bonds is 13. The maximum Gasteiger partial charge on any atom is 0.197 e. The smallest absolute Gasteiger partial charge is 0.197 e. The molecule has 0 bridgehead atoms. The fourth-order valence-corrected chi connectivity index (χ4v) is 3.35. The van der Waals surface area contributed by atoms with Gasteiger partial charge in [0.05, 0.1) is 12.6 Å². The molecule has 0 heterocycles. The van der Waals surface area contributed by atoms with Gasteiger partial charge in [0.2, 0.25) is 0 Å². The lowest BCUT2D eigenvalue weighted by Crippen LogP contribution is -2.40. The van der Waals surface area contributed by atoms with E-state index < -0.39 is 31.1 Å². The summed E-state index contributed by atoms with van der Waals surface area (Å²) in [5.41, 5.74) is 0.496. The van der Waals surface area contributed by atoms with Crippen molar-refractivity contribution in [2.75, 3.05) is 18.6 Å². The van der Waals surface area contributed by atoms with Crippen molar-refractivity contribution < 1.29 is 40.0 Å². The molecule has 0 aliphatic rings. The molecule has 0 aliphatic carbocycles. The Bertz CT molecular complexity index is 568. The minimum atomic E-state index is -1.62. The number of benzene rings is 1. The topological polar surface area (TPSA) is 214 Å². The number of phenolic OH excluding ortho intramolecular Hbond substituents is 1. The van der Waals surface area contributed by atoms with Crippen molar-refractivity contribution in [2.24, 2.45) is 5.92 Å². The normalized spacial score (nSPS) is 11.8. The predicted octanol–water partition coefficient (Wildman–Crippen LogP) is 1.92. The van der Waals surface area contributed by atoms with Crippen molar-refractivity contribution in [3.63, 3.8) is 0 Å². The molecule has 11 N–H and O–H groups in total. The Morgan fingerprint density at radius 2 is 1.51 bits per heavy atom. The van der Waals surface area contributed by atoms with Gasteiger partial charge in [-0.1, -0.05) is 59.1 Å². The largest absolute Gasteiger partial charge is 0.508 e. The van der Waals surface area contributed by atoms with E-state index in [0.29, 0.717) is 11.3 Å². The molecule has 0 saturated heterocycles. The number of aliphatic hydroxyl groups excluding tert-OH is 3. The van der Waals surface area contributed by atoms with E-state index in [2.05, 4.69) is 31.7 Å². The van der Waals surface area contributed by atoms with Crippen LogP contribution in [0.5, 0.6) is 5.75 Å². The second-order valence-corrected chi connectivity index (χ2v) is 7.81. The third kappa shape index (κ3) is 23.3. The van der Waals surface area contributed by atoms with Crippen LogP contribution >= 0.6 is 25.3 Å². The van der Waals surface area contributed by atoms with E-state index in [1.54, 1.807) is 6.26 Å². The number of ketones is 1. The molecule has 0 aliphatic heterocycles. The van der Waals surface area contributed by atoms with Crippen LogP contribution in [0.3, 0.4) is 0 Å². The molecule has 0 saturated carbocycles. The summed E-state index contributed by atoms with van der Waals surface area (Å²) in [6.45, 7) is 3.89. The summed E-state index contributed by atoms with van der Waals surface area (Å²) in [6, 6.07) is 4.93. The summed E-state index contributed by atoms with van der Waals surface area (Å²) in [5, 5.41) is 49.2. The van der Waals surface area contributed by atoms with E-state index in [4.69, 9.17) is 9.32 Å². The SMILES string of the molecule is C.CCCCCC.CSC[C@H](CC(=O)[C@H](NC(O)CO)c1ccc(O)cc1)C(O)O.N.O.O=S.S. The van der Waals surface area contributed by atoms with Gasteiger partial charge in [-0.05, 0) is 24.0 Å². The van der Waals surface area contributed by atoms with E-state index >= 15 is 0 Å². The van der Waals surface area contributed by atoms with Crippen LogP contribution in [0.15, 0.2) is 24.3 Å². The molecule has 0 fully saturated rings. The molecule has 10 nitrogen and oxygen atoms in total. The molecular formula is C22H48N2O8S3. The maximum atomic E-state index is 12.5. The van der Waals surface area contributed by atoms with Crippen molar-refractivity contribution in [1.29, 1.82) is 0 Å². The molecule has 1 aromatic rings. The lowest BCUT2D eigenvalue weighted by atomic mass is 9.94. The van der Waals surface area contributed by atoms with Crippen LogP contribution in [0.2, 0.25) is 0 Å². The average molecular weight is 565 g/mol. The van der Waals surface area contributed by atoms with Crippen molar-refractivity contribution in [1.82, 2.24) is 11.5 Å². The van der Waals surface area contributed by atoms with Crippen molar-refractivity contribution in [2.45, 2.75) is 71.9 Å². The van der Waals surface area contributed by atoms with Gasteiger partial charge in [-0.2, -0.15) is 29.5 Å². The van der Waals surface area contributed by atoms with E-state index in [1.807, 2.05) is 0 Å². The first-order chi connectivity index (χ1) is 14.8. The first-order valence-electron chi connectivity index (χ1n) is 10.2. The van der Waals surface area contributed by atoms with E-state index in [0.717, 1.165) is 0 Å². The maximum absolute atomic E-state index is 12.5. The highest BCUT2D eigenvalue weighted by Crippen LogP contribution is 2.23. The van der Waals surface area contributed by atoms with E-state index in [-0.39, 0.29) is 50.5 Å². The number of aromatic hydroxyl groups is 1. The average Bonchev–Trinajstić information content (AvgIpc) is 2.77. The van der Waals surface area contributed by atoms with Gasteiger partial charge in [-0.25, -0.2) is 0 Å². The van der Waals surface area contributed by atoms with Gasteiger partial charge in [0.15, 0.2) is 24.6 Å². The van der Waals surface area contributed by atoms with Crippen molar-refractivity contribution >= 4 is 43.6 Å². The monoisotopic (exact) mass is 564 g/mol. The molecule has 3 atom stereocenters. The number of thioether (sulfide) groups is 1. The molecule has 13 heteroatoms. The lowest BCUT2D eigenvalue weighted by Gasteiger charge is -2.24. The zero-order valence-corrected chi connectivity index (χ0v) is 22.8. The van der Waals surface area contributed by atoms with E-state index in [9.17, 15) is 25.2 Å².